The normalized spacial score (nSPS) is 23.9. The number of nitrogens with one attached hydrogen (secondary N) is 1. The smallest absolute Gasteiger partial charge is 0.340 e. The van der Waals surface area contributed by atoms with Gasteiger partial charge in [0.15, 0.2) is 6.61 Å². The molecular weight excluding hydrogens is 528 g/mol. The van der Waals surface area contributed by atoms with Crippen LogP contribution >= 0.6 is 27.3 Å². The molecule has 1 aromatic heterocycles. The molecule has 0 radical (unpaired) electrons. The monoisotopic (exact) mass is 554 g/mol. The molecule has 2 atom stereocenters. The number of esters is 1. The minimum Gasteiger partial charge on any atom is -0.452 e. The van der Waals surface area contributed by atoms with Crippen molar-refractivity contribution in [1.82, 2.24) is 4.90 Å². The van der Waals surface area contributed by atoms with Gasteiger partial charge in [-0.25, -0.2) is 13.2 Å². The third-order valence-electron chi connectivity index (χ3n) is 6.27. The zero-order chi connectivity index (χ0) is 24.0. The van der Waals surface area contributed by atoms with Crippen molar-refractivity contribution < 1.29 is 22.7 Å². The lowest BCUT2D eigenvalue weighted by Gasteiger charge is -2.39. The number of amides is 1. The minimum atomic E-state index is -3.87. The van der Waals surface area contributed by atoms with E-state index in [9.17, 15) is 18.0 Å². The summed E-state index contributed by atoms with van der Waals surface area (Å²) in [6.45, 7) is 6.99. The molecule has 2 bridgehead atoms. The number of sulfonamides is 1. The third-order valence-corrected chi connectivity index (χ3v) is 9.75. The van der Waals surface area contributed by atoms with Crippen molar-refractivity contribution in [1.29, 1.82) is 0 Å². The lowest BCUT2D eigenvalue weighted by molar-refractivity contribution is -0.135. The van der Waals surface area contributed by atoms with E-state index >= 15 is 0 Å². The average molecular weight is 556 g/mol. The molecule has 1 saturated carbocycles. The number of hydrogen-bond donors (Lipinski definition) is 1. The van der Waals surface area contributed by atoms with Crippen LogP contribution in [0.1, 0.15) is 50.4 Å². The van der Waals surface area contributed by atoms with Crippen LogP contribution in [0.5, 0.6) is 0 Å². The molecule has 1 aromatic carbocycles. The van der Waals surface area contributed by atoms with Crippen LogP contribution in [0.4, 0.5) is 5.69 Å². The molecule has 2 fully saturated rings. The van der Waals surface area contributed by atoms with Crippen LogP contribution in [0.2, 0.25) is 0 Å². The van der Waals surface area contributed by atoms with Crippen LogP contribution in [0.3, 0.4) is 0 Å². The van der Waals surface area contributed by atoms with E-state index in [0.717, 1.165) is 30.6 Å². The number of fused-ring (bicyclic) bond motifs is 2. The molecule has 1 aliphatic heterocycles. The van der Waals surface area contributed by atoms with Gasteiger partial charge in [0.05, 0.1) is 15.0 Å². The van der Waals surface area contributed by atoms with Gasteiger partial charge < -0.3 is 9.64 Å². The molecule has 1 saturated heterocycles. The van der Waals surface area contributed by atoms with Gasteiger partial charge in [0.25, 0.3) is 15.9 Å². The second-order valence-corrected chi connectivity index (χ2v) is 14.4. The van der Waals surface area contributed by atoms with Crippen LogP contribution in [0.15, 0.2) is 44.4 Å². The molecule has 10 heteroatoms. The number of rotatable bonds is 6. The number of halogens is 1. The van der Waals surface area contributed by atoms with E-state index in [1.165, 1.54) is 18.2 Å². The van der Waals surface area contributed by atoms with Crippen LogP contribution in [0, 0.1) is 10.8 Å². The first-order chi connectivity index (χ1) is 15.4. The summed E-state index contributed by atoms with van der Waals surface area (Å²) in [5.74, 6) is -0.959. The second kappa shape index (κ2) is 8.70. The van der Waals surface area contributed by atoms with Crippen LogP contribution in [-0.2, 0) is 19.6 Å². The summed E-state index contributed by atoms with van der Waals surface area (Å²) in [4.78, 5) is 27.5. The topological polar surface area (TPSA) is 92.8 Å². The lowest BCUT2D eigenvalue weighted by atomic mass is 9.65. The number of carbonyl (C=O) groups is 2. The summed E-state index contributed by atoms with van der Waals surface area (Å²) >= 11 is 4.32. The second-order valence-electron chi connectivity index (χ2n) is 10.0. The van der Waals surface area contributed by atoms with E-state index in [1.54, 1.807) is 18.2 Å². The van der Waals surface area contributed by atoms with Gasteiger partial charge in [-0.05, 0) is 70.3 Å². The highest BCUT2D eigenvalue weighted by Gasteiger charge is 2.50. The quantitative estimate of drug-likeness (QED) is 0.513. The summed E-state index contributed by atoms with van der Waals surface area (Å²) in [7, 11) is -3.87. The number of likely N-dealkylation sites (tertiary alicyclic amines) is 1. The first-order valence-electron chi connectivity index (χ1n) is 10.7. The largest absolute Gasteiger partial charge is 0.452 e. The van der Waals surface area contributed by atoms with Crippen molar-refractivity contribution >= 4 is 54.9 Å². The van der Waals surface area contributed by atoms with Gasteiger partial charge in [0.2, 0.25) is 0 Å². The fraction of sp³-hybridized carbons (Fsp3) is 0.478. The molecule has 2 aliphatic rings. The number of hydrogen-bond acceptors (Lipinski definition) is 6. The third kappa shape index (κ3) is 5.27. The highest BCUT2D eigenvalue weighted by molar-refractivity contribution is 9.11. The number of para-hydroxylation sites is 1. The van der Waals surface area contributed by atoms with Crippen LogP contribution < -0.4 is 4.72 Å². The predicted molar refractivity (Wildman–Crippen MR) is 131 cm³/mol. The van der Waals surface area contributed by atoms with Crippen LogP contribution in [-0.4, -0.2) is 44.4 Å². The Balaban J connectivity index is 1.43. The fourth-order valence-electron chi connectivity index (χ4n) is 5.43. The summed E-state index contributed by atoms with van der Waals surface area (Å²) in [5.41, 5.74) is 0.425. The number of nitrogens with zero attached hydrogens (tertiary/aromatic N) is 1. The van der Waals surface area contributed by atoms with Crippen molar-refractivity contribution in [3.63, 3.8) is 0 Å². The van der Waals surface area contributed by atoms with Crippen molar-refractivity contribution in [2.75, 3.05) is 17.9 Å². The van der Waals surface area contributed by atoms with Gasteiger partial charge in [0, 0.05) is 12.6 Å². The SMILES string of the molecule is CC1(C)CC2CC(C)(CN2C(=O)COC(=O)c2ccccc2NS(=O)(=O)c2ccc(Br)s2)C1. The summed E-state index contributed by atoms with van der Waals surface area (Å²) in [5, 5.41) is 0. The van der Waals surface area contributed by atoms with E-state index in [-0.39, 0.29) is 44.8 Å². The summed E-state index contributed by atoms with van der Waals surface area (Å²) in [6, 6.07) is 9.48. The van der Waals surface area contributed by atoms with Gasteiger partial charge in [-0.3, -0.25) is 9.52 Å². The standard InChI is InChI=1S/C23H27BrN2O5S2/c1-22(2)10-15-11-23(3,13-22)14-26(15)19(27)12-31-21(28)16-6-4-5-7-17(16)25-33(29,30)20-9-8-18(24)32-20/h4-9,15,25H,10-14H2,1-3H3. The van der Waals surface area contributed by atoms with Gasteiger partial charge in [0.1, 0.15) is 4.21 Å². The molecule has 2 unspecified atom stereocenters. The van der Waals surface area contributed by atoms with Crippen molar-refractivity contribution in [2.45, 2.75) is 50.3 Å². The molecule has 7 nitrogen and oxygen atoms in total. The first kappa shape index (κ1) is 24.2. The van der Waals surface area contributed by atoms with E-state index in [1.807, 2.05) is 4.90 Å². The molecule has 0 spiro atoms. The van der Waals surface area contributed by atoms with E-state index in [0.29, 0.717) is 10.3 Å². The highest BCUT2D eigenvalue weighted by atomic mass is 79.9. The summed E-state index contributed by atoms with van der Waals surface area (Å²) in [6.07, 6.45) is 2.97. The lowest BCUT2D eigenvalue weighted by Crippen LogP contribution is -2.39. The van der Waals surface area contributed by atoms with Crippen LogP contribution in [0.25, 0.3) is 0 Å². The molecule has 1 amide bonds. The van der Waals surface area contributed by atoms with E-state index in [2.05, 4.69) is 41.4 Å². The highest BCUT2D eigenvalue weighted by Crippen LogP contribution is 2.52. The Morgan fingerprint density at radius 3 is 2.61 bits per heavy atom. The van der Waals surface area contributed by atoms with E-state index in [4.69, 9.17) is 4.74 Å². The first-order valence-corrected chi connectivity index (χ1v) is 13.8. The van der Waals surface area contributed by atoms with E-state index < -0.39 is 16.0 Å². The molecular formula is C23H27BrN2O5S2. The van der Waals surface area contributed by atoms with Gasteiger partial charge in [-0.1, -0.05) is 32.9 Å². The average Bonchev–Trinajstić information content (AvgIpc) is 3.26. The Bertz CT molecular complexity index is 1190. The van der Waals surface area contributed by atoms with Gasteiger partial charge >= 0.3 is 5.97 Å². The number of thiophene rings is 1. The Kier molecular flexibility index (Phi) is 6.39. The Labute approximate surface area is 206 Å². The molecule has 2 aromatic rings. The van der Waals surface area contributed by atoms with Crippen molar-refractivity contribution in [2.24, 2.45) is 10.8 Å². The zero-order valence-electron chi connectivity index (χ0n) is 18.8. The maximum atomic E-state index is 12.9. The number of benzene rings is 1. The number of anilines is 1. The molecule has 1 N–H and O–H groups in total. The maximum absolute atomic E-state index is 12.9. The molecule has 178 valence electrons. The Hall–Kier alpha value is -1.91. The Morgan fingerprint density at radius 2 is 1.91 bits per heavy atom. The number of ether oxygens (including phenoxy) is 1. The molecule has 4 rings (SSSR count). The molecule has 33 heavy (non-hydrogen) atoms. The summed E-state index contributed by atoms with van der Waals surface area (Å²) < 4.78 is 33.9. The maximum Gasteiger partial charge on any atom is 0.340 e. The van der Waals surface area contributed by atoms with Crippen molar-refractivity contribution in [3.8, 4) is 0 Å². The predicted octanol–water partition coefficient (Wildman–Crippen LogP) is 4.90. The minimum absolute atomic E-state index is 0.0535. The van der Waals surface area contributed by atoms with Gasteiger partial charge in [-0.15, -0.1) is 11.3 Å². The number of carbonyl (C=O) groups excluding carboxylic acids is 2. The van der Waals surface area contributed by atoms with Gasteiger partial charge in [-0.2, -0.15) is 0 Å². The molecule has 2 heterocycles. The zero-order valence-corrected chi connectivity index (χ0v) is 22.0. The fourth-order valence-corrected chi connectivity index (χ4v) is 8.52. The Morgan fingerprint density at radius 1 is 1.18 bits per heavy atom. The van der Waals surface area contributed by atoms with Crippen molar-refractivity contribution in [3.05, 3.63) is 45.7 Å². The molecule has 1 aliphatic carbocycles.